The molecule has 0 heterocycles. The van der Waals surface area contributed by atoms with Gasteiger partial charge in [0.2, 0.25) is 0 Å². The molecular weight excluding hydrogens is 256 g/mol. The smallest absolute Gasteiger partial charge is 0.269 e. The molecule has 0 aliphatic heterocycles. The maximum atomic E-state index is 13.3. The fourth-order valence-corrected chi connectivity index (χ4v) is 1.46. The summed E-state index contributed by atoms with van der Waals surface area (Å²) in [6.45, 7) is -0.0794. The number of halogens is 2. The molecule has 2 rings (SSSR count). The first kappa shape index (κ1) is 12.9. The van der Waals surface area contributed by atoms with Gasteiger partial charge in [0.05, 0.1) is 4.92 Å². The number of nitrogens with zero attached hydrogens (tertiary/aromatic N) is 1. The van der Waals surface area contributed by atoms with Crippen molar-refractivity contribution in [2.45, 2.75) is 6.61 Å². The quantitative estimate of drug-likeness (QED) is 0.628. The summed E-state index contributed by atoms with van der Waals surface area (Å²) in [4.78, 5) is 9.92. The molecule has 0 aliphatic carbocycles. The molecule has 0 radical (unpaired) electrons. The van der Waals surface area contributed by atoms with Gasteiger partial charge in [0.15, 0.2) is 0 Å². The van der Waals surface area contributed by atoms with E-state index < -0.39 is 16.6 Å². The molecule has 4 nitrogen and oxygen atoms in total. The molecule has 0 bridgehead atoms. The molecule has 0 saturated carbocycles. The summed E-state index contributed by atoms with van der Waals surface area (Å²) in [5, 5.41) is 10.4. The topological polar surface area (TPSA) is 52.4 Å². The van der Waals surface area contributed by atoms with Gasteiger partial charge in [-0.25, -0.2) is 8.78 Å². The lowest BCUT2D eigenvalue weighted by molar-refractivity contribution is -0.384. The van der Waals surface area contributed by atoms with Crippen molar-refractivity contribution < 1.29 is 18.4 Å². The summed E-state index contributed by atoms with van der Waals surface area (Å²) in [5.74, 6) is -0.979. The zero-order valence-corrected chi connectivity index (χ0v) is 9.68. The van der Waals surface area contributed by atoms with Gasteiger partial charge in [0, 0.05) is 23.8 Å². The van der Waals surface area contributed by atoms with Crippen LogP contribution in [-0.4, -0.2) is 4.92 Å². The molecule has 0 unspecified atom stereocenters. The average molecular weight is 265 g/mol. The van der Waals surface area contributed by atoms with Gasteiger partial charge in [-0.3, -0.25) is 10.1 Å². The summed E-state index contributed by atoms with van der Waals surface area (Å²) in [6, 6.07) is 8.61. The van der Waals surface area contributed by atoms with Crippen LogP contribution in [0.2, 0.25) is 0 Å². The van der Waals surface area contributed by atoms with Gasteiger partial charge in [0.1, 0.15) is 24.0 Å². The number of rotatable bonds is 4. The van der Waals surface area contributed by atoms with E-state index in [0.717, 1.165) is 12.1 Å². The Morgan fingerprint density at radius 3 is 2.37 bits per heavy atom. The van der Waals surface area contributed by atoms with E-state index in [4.69, 9.17) is 4.74 Å². The van der Waals surface area contributed by atoms with Crippen LogP contribution in [-0.2, 0) is 6.61 Å². The summed E-state index contributed by atoms with van der Waals surface area (Å²) in [7, 11) is 0. The number of hydrogen-bond acceptors (Lipinski definition) is 3. The fraction of sp³-hybridized carbons (Fsp3) is 0.0769. The molecule has 0 saturated heterocycles. The highest BCUT2D eigenvalue weighted by Gasteiger charge is 2.07. The Morgan fingerprint density at radius 2 is 1.79 bits per heavy atom. The van der Waals surface area contributed by atoms with Gasteiger partial charge in [-0.05, 0) is 24.3 Å². The van der Waals surface area contributed by atoms with Crippen LogP contribution in [0.15, 0.2) is 42.5 Å². The van der Waals surface area contributed by atoms with Crippen molar-refractivity contribution in [3.05, 3.63) is 69.8 Å². The lowest BCUT2D eigenvalue weighted by atomic mass is 10.2. The third-order valence-electron chi connectivity index (χ3n) is 2.46. The third kappa shape index (κ3) is 3.25. The van der Waals surface area contributed by atoms with E-state index in [0.29, 0.717) is 5.75 Å². The molecule has 0 aliphatic rings. The Balaban J connectivity index is 2.04. The Morgan fingerprint density at radius 1 is 1.11 bits per heavy atom. The van der Waals surface area contributed by atoms with E-state index >= 15 is 0 Å². The minimum Gasteiger partial charge on any atom is -0.489 e. The molecular formula is C13H9F2NO3. The molecule has 0 fully saturated rings. The van der Waals surface area contributed by atoms with Crippen LogP contribution in [0.4, 0.5) is 14.5 Å². The number of nitro groups is 1. The normalized spacial score (nSPS) is 10.2. The molecule has 0 spiro atoms. The van der Waals surface area contributed by atoms with E-state index in [1.165, 1.54) is 30.3 Å². The first-order valence-corrected chi connectivity index (χ1v) is 5.37. The first-order chi connectivity index (χ1) is 9.06. The van der Waals surface area contributed by atoms with Crippen molar-refractivity contribution >= 4 is 5.69 Å². The SMILES string of the molecule is O=[N+]([O-])c1ccc(OCc2ccc(F)cc2F)cc1. The van der Waals surface area contributed by atoms with Crippen molar-refractivity contribution in [3.63, 3.8) is 0 Å². The molecule has 0 N–H and O–H groups in total. The maximum absolute atomic E-state index is 13.3. The Kier molecular flexibility index (Phi) is 3.70. The molecule has 0 aromatic heterocycles. The zero-order chi connectivity index (χ0) is 13.8. The number of benzene rings is 2. The highest BCUT2D eigenvalue weighted by Crippen LogP contribution is 2.19. The van der Waals surface area contributed by atoms with E-state index in [-0.39, 0.29) is 17.9 Å². The minimum absolute atomic E-state index is 0.0553. The second kappa shape index (κ2) is 5.43. The molecule has 0 amide bonds. The lowest BCUT2D eigenvalue weighted by Gasteiger charge is -2.06. The molecule has 0 atom stereocenters. The van der Waals surface area contributed by atoms with Crippen LogP contribution >= 0.6 is 0 Å². The molecule has 19 heavy (non-hydrogen) atoms. The Bertz CT molecular complexity index is 599. The van der Waals surface area contributed by atoms with Crippen molar-refractivity contribution in [3.8, 4) is 5.75 Å². The first-order valence-electron chi connectivity index (χ1n) is 5.37. The van der Waals surface area contributed by atoms with E-state index in [1.54, 1.807) is 0 Å². The predicted octanol–water partition coefficient (Wildman–Crippen LogP) is 3.45. The van der Waals surface area contributed by atoms with Gasteiger partial charge in [-0.2, -0.15) is 0 Å². The summed E-state index contributed by atoms with van der Waals surface area (Å²) in [5.41, 5.74) is 0.153. The van der Waals surface area contributed by atoms with Crippen molar-refractivity contribution in [2.75, 3.05) is 0 Å². The number of non-ortho nitro benzene ring substituents is 1. The third-order valence-corrected chi connectivity index (χ3v) is 2.46. The van der Waals surface area contributed by atoms with E-state index in [2.05, 4.69) is 0 Å². The molecule has 2 aromatic carbocycles. The fourth-order valence-electron chi connectivity index (χ4n) is 1.46. The largest absolute Gasteiger partial charge is 0.489 e. The predicted molar refractivity (Wildman–Crippen MR) is 63.8 cm³/mol. The van der Waals surface area contributed by atoms with Crippen LogP contribution in [0.5, 0.6) is 5.75 Å². The van der Waals surface area contributed by atoms with Crippen molar-refractivity contribution in [1.82, 2.24) is 0 Å². The Hall–Kier alpha value is -2.50. The summed E-state index contributed by atoms with van der Waals surface area (Å²) in [6.07, 6.45) is 0. The van der Waals surface area contributed by atoms with Gasteiger partial charge >= 0.3 is 0 Å². The van der Waals surface area contributed by atoms with E-state index in [1.807, 2.05) is 0 Å². The average Bonchev–Trinajstić information content (AvgIpc) is 2.38. The molecule has 2 aromatic rings. The molecule has 6 heteroatoms. The zero-order valence-electron chi connectivity index (χ0n) is 9.68. The number of nitro benzene ring substituents is 1. The number of ether oxygens (including phenoxy) is 1. The maximum Gasteiger partial charge on any atom is 0.269 e. The minimum atomic E-state index is -0.693. The van der Waals surface area contributed by atoms with Gasteiger partial charge < -0.3 is 4.74 Å². The van der Waals surface area contributed by atoms with Crippen molar-refractivity contribution in [1.29, 1.82) is 0 Å². The van der Waals surface area contributed by atoms with Crippen LogP contribution in [0, 0.1) is 21.7 Å². The lowest BCUT2D eigenvalue weighted by Crippen LogP contribution is -1.99. The van der Waals surface area contributed by atoms with Crippen LogP contribution < -0.4 is 4.74 Å². The summed E-state index contributed by atoms with van der Waals surface area (Å²) >= 11 is 0. The van der Waals surface area contributed by atoms with Crippen LogP contribution in [0.25, 0.3) is 0 Å². The standard InChI is InChI=1S/C13H9F2NO3/c14-10-2-1-9(13(15)7-10)8-19-12-5-3-11(4-6-12)16(17)18/h1-7H,8H2. The van der Waals surface area contributed by atoms with Gasteiger partial charge in [0.25, 0.3) is 5.69 Å². The Labute approximate surface area is 107 Å². The second-order valence-corrected chi connectivity index (χ2v) is 3.78. The monoisotopic (exact) mass is 265 g/mol. The van der Waals surface area contributed by atoms with Gasteiger partial charge in [-0.1, -0.05) is 0 Å². The molecule has 98 valence electrons. The summed E-state index contributed by atoms with van der Waals surface area (Å²) < 4.78 is 31.3. The van der Waals surface area contributed by atoms with Crippen LogP contribution in [0.3, 0.4) is 0 Å². The van der Waals surface area contributed by atoms with E-state index in [9.17, 15) is 18.9 Å². The van der Waals surface area contributed by atoms with Crippen molar-refractivity contribution in [2.24, 2.45) is 0 Å². The second-order valence-electron chi connectivity index (χ2n) is 3.78. The van der Waals surface area contributed by atoms with Crippen LogP contribution in [0.1, 0.15) is 5.56 Å². The highest BCUT2D eigenvalue weighted by molar-refractivity contribution is 5.36. The highest BCUT2D eigenvalue weighted by atomic mass is 19.1. The van der Waals surface area contributed by atoms with Gasteiger partial charge in [-0.15, -0.1) is 0 Å². The number of hydrogen-bond donors (Lipinski definition) is 0.